The van der Waals surface area contributed by atoms with E-state index in [1.165, 1.54) is 6.07 Å². The van der Waals surface area contributed by atoms with Gasteiger partial charge in [0.05, 0.1) is 4.92 Å². The van der Waals surface area contributed by atoms with Crippen LogP contribution in [-0.2, 0) is 4.74 Å². The molecule has 10 heteroatoms. The second-order valence-corrected chi connectivity index (χ2v) is 8.07. The first-order chi connectivity index (χ1) is 14.1. The van der Waals surface area contributed by atoms with E-state index in [1.54, 1.807) is 36.4 Å². The van der Waals surface area contributed by atoms with Gasteiger partial charge < -0.3 is 19.9 Å². The largest absolute Gasteiger partial charge is 0.444 e. The maximum atomic E-state index is 12.3. The van der Waals surface area contributed by atoms with E-state index in [-0.39, 0.29) is 17.6 Å². The summed E-state index contributed by atoms with van der Waals surface area (Å²) in [4.78, 5) is 35.6. The van der Waals surface area contributed by atoms with E-state index in [1.807, 2.05) is 25.7 Å². The van der Waals surface area contributed by atoms with Crippen molar-refractivity contribution in [3.05, 3.63) is 46.3 Å². The molecule has 0 saturated carbocycles. The van der Waals surface area contributed by atoms with Gasteiger partial charge in [-0.2, -0.15) is 0 Å². The van der Waals surface area contributed by atoms with Gasteiger partial charge in [0.15, 0.2) is 0 Å². The van der Waals surface area contributed by atoms with E-state index < -0.39 is 10.5 Å². The van der Waals surface area contributed by atoms with Crippen molar-refractivity contribution in [2.24, 2.45) is 0 Å². The lowest BCUT2D eigenvalue weighted by Gasteiger charge is -2.36. The summed E-state index contributed by atoms with van der Waals surface area (Å²) in [6.07, 6.45) is 2.86. The third kappa shape index (κ3) is 5.13. The minimum atomic E-state index is -0.543. The van der Waals surface area contributed by atoms with Crippen LogP contribution < -0.4 is 10.2 Å². The summed E-state index contributed by atoms with van der Waals surface area (Å²) in [6, 6.07) is 4.95. The highest BCUT2D eigenvalue weighted by Gasteiger charge is 2.28. The Morgan fingerprint density at radius 3 is 2.40 bits per heavy atom. The van der Waals surface area contributed by atoms with E-state index >= 15 is 0 Å². The summed E-state index contributed by atoms with van der Waals surface area (Å²) in [5.74, 6) is 0.822. The van der Waals surface area contributed by atoms with Crippen molar-refractivity contribution in [3.63, 3.8) is 0 Å². The third-order valence-electron chi connectivity index (χ3n) is 4.54. The topological polar surface area (TPSA) is 114 Å². The maximum Gasteiger partial charge on any atom is 0.410 e. The number of anilines is 3. The summed E-state index contributed by atoms with van der Waals surface area (Å²) in [7, 11) is 0. The lowest BCUT2D eigenvalue weighted by atomic mass is 10.2. The molecule has 1 fully saturated rings. The fraction of sp³-hybridized carbons (Fsp3) is 0.450. The molecule has 160 valence electrons. The number of piperazine rings is 1. The minimum absolute atomic E-state index is 0.0968. The van der Waals surface area contributed by atoms with E-state index in [0.717, 1.165) is 0 Å². The Balaban J connectivity index is 1.79. The number of aromatic nitrogens is 2. The van der Waals surface area contributed by atoms with Crippen molar-refractivity contribution in [2.75, 3.05) is 36.4 Å². The highest BCUT2D eigenvalue weighted by atomic mass is 16.6. The Labute approximate surface area is 175 Å². The Kier molecular flexibility index (Phi) is 6.04. The Morgan fingerprint density at radius 1 is 1.20 bits per heavy atom. The summed E-state index contributed by atoms with van der Waals surface area (Å²) >= 11 is 0. The number of carbonyl (C=O) groups excluding carboxylic acids is 1. The first-order valence-corrected chi connectivity index (χ1v) is 9.70. The van der Waals surface area contributed by atoms with Gasteiger partial charge in [-0.05, 0) is 45.4 Å². The van der Waals surface area contributed by atoms with Gasteiger partial charge in [0.2, 0.25) is 5.82 Å². The highest BCUT2D eigenvalue weighted by molar-refractivity contribution is 5.71. The lowest BCUT2D eigenvalue weighted by Crippen LogP contribution is -2.50. The van der Waals surface area contributed by atoms with Crippen LogP contribution in [0.15, 0.2) is 30.6 Å². The summed E-state index contributed by atoms with van der Waals surface area (Å²) in [5, 5.41) is 14.5. The zero-order valence-corrected chi connectivity index (χ0v) is 17.6. The Bertz CT molecular complexity index is 921. The van der Waals surface area contributed by atoms with Crippen molar-refractivity contribution >= 4 is 29.1 Å². The van der Waals surface area contributed by atoms with Gasteiger partial charge >= 0.3 is 11.8 Å². The average molecular weight is 414 g/mol. The van der Waals surface area contributed by atoms with Gasteiger partial charge in [-0.3, -0.25) is 15.1 Å². The van der Waals surface area contributed by atoms with E-state index in [0.29, 0.717) is 43.2 Å². The molecular weight excluding hydrogens is 388 g/mol. The number of nitro groups is 1. The first kappa shape index (κ1) is 21.3. The number of carbonyl (C=O) groups is 1. The van der Waals surface area contributed by atoms with Gasteiger partial charge in [0.25, 0.3) is 0 Å². The van der Waals surface area contributed by atoms with Gasteiger partial charge in [0.1, 0.15) is 11.4 Å². The monoisotopic (exact) mass is 414 g/mol. The summed E-state index contributed by atoms with van der Waals surface area (Å²) in [6.45, 7) is 9.39. The number of amides is 1. The van der Waals surface area contributed by atoms with Crippen LogP contribution in [0.5, 0.6) is 0 Å². The predicted molar refractivity (Wildman–Crippen MR) is 113 cm³/mol. The zero-order chi connectivity index (χ0) is 21.9. The number of ether oxygens (including phenoxy) is 1. The molecule has 30 heavy (non-hydrogen) atoms. The van der Waals surface area contributed by atoms with Gasteiger partial charge in [-0.15, -0.1) is 0 Å². The van der Waals surface area contributed by atoms with Crippen molar-refractivity contribution in [1.82, 2.24) is 14.9 Å². The van der Waals surface area contributed by atoms with Crippen LogP contribution >= 0.6 is 0 Å². The van der Waals surface area contributed by atoms with E-state index in [4.69, 9.17) is 4.74 Å². The molecule has 3 heterocycles. The Hall–Kier alpha value is -3.43. The number of nitrogens with zero attached hydrogens (tertiary/aromatic N) is 5. The average Bonchev–Trinajstić information content (AvgIpc) is 2.68. The summed E-state index contributed by atoms with van der Waals surface area (Å²) in [5.41, 5.74) is 0.719. The molecular formula is C20H26N6O4. The molecule has 0 aromatic carbocycles. The minimum Gasteiger partial charge on any atom is -0.444 e. The molecule has 2 aromatic heterocycles. The van der Waals surface area contributed by atoms with Crippen molar-refractivity contribution in [3.8, 4) is 0 Å². The molecule has 1 N–H and O–H groups in total. The van der Waals surface area contributed by atoms with Crippen molar-refractivity contribution in [1.29, 1.82) is 0 Å². The van der Waals surface area contributed by atoms with Gasteiger partial charge in [-0.25, -0.2) is 9.78 Å². The molecule has 0 bridgehead atoms. The molecule has 3 rings (SSSR count). The maximum absolute atomic E-state index is 12.3. The quantitative estimate of drug-likeness (QED) is 0.597. The van der Waals surface area contributed by atoms with Crippen LogP contribution in [0.1, 0.15) is 26.3 Å². The third-order valence-corrected chi connectivity index (χ3v) is 4.54. The molecule has 2 aromatic rings. The predicted octanol–water partition coefficient (Wildman–Crippen LogP) is 3.49. The van der Waals surface area contributed by atoms with Crippen molar-refractivity contribution < 1.29 is 14.5 Å². The molecule has 0 atom stereocenters. The van der Waals surface area contributed by atoms with Crippen LogP contribution in [-0.4, -0.2) is 57.7 Å². The molecule has 1 aliphatic heterocycles. The van der Waals surface area contributed by atoms with Crippen LogP contribution in [0.3, 0.4) is 0 Å². The number of hydrogen-bond acceptors (Lipinski definition) is 8. The molecule has 1 aliphatic rings. The fourth-order valence-electron chi connectivity index (χ4n) is 3.14. The van der Waals surface area contributed by atoms with E-state index in [2.05, 4.69) is 15.3 Å². The first-order valence-electron chi connectivity index (χ1n) is 9.70. The lowest BCUT2D eigenvalue weighted by molar-refractivity contribution is -0.384. The van der Waals surface area contributed by atoms with Crippen LogP contribution in [0.2, 0.25) is 0 Å². The number of hydrogen-bond donors (Lipinski definition) is 1. The van der Waals surface area contributed by atoms with Gasteiger partial charge in [-0.1, -0.05) is 0 Å². The Morgan fingerprint density at radius 2 is 1.83 bits per heavy atom. The molecule has 10 nitrogen and oxygen atoms in total. The number of nitrogens with one attached hydrogen (secondary N) is 1. The van der Waals surface area contributed by atoms with E-state index in [9.17, 15) is 14.9 Å². The highest BCUT2D eigenvalue weighted by Crippen LogP contribution is 2.31. The molecule has 1 saturated heterocycles. The zero-order valence-electron chi connectivity index (χ0n) is 17.6. The van der Waals surface area contributed by atoms with Crippen LogP contribution in [0.25, 0.3) is 0 Å². The summed E-state index contributed by atoms with van der Waals surface area (Å²) < 4.78 is 5.43. The molecule has 0 spiro atoms. The second-order valence-electron chi connectivity index (χ2n) is 8.07. The van der Waals surface area contributed by atoms with Gasteiger partial charge in [0, 0.05) is 50.3 Å². The smallest absolute Gasteiger partial charge is 0.410 e. The van der Waals surface area contributed by atoms with Crippen LogP contribution in [0.4, 0.5) is 27.8 Å². The fourth-order valence-corrected chi connectivity index (χ4v) is 3.14. The second kappa shape index (κ2) is 8.52. The molecule has 0 unspecified atom stereocenters. The van der Waals surface area contributed by atoms with Crippen molar-refractivity contribution in [2.45, 2.75) is 33.3 Å². The normalized spacial score (nSPS) is 14.4. The SMILES string of the molecule is Cc1cc([N+](=O)[O-])c(Nc2ccncc2)nc1N1CCN(C(=O)OC(C)(C)C)CC1. The number of pyridine rings is 2. The molecule has 1 amide bonds. The standard InChI is InChI=1S/C20H26N6O4/c1-14-13-16(26(28)29)17(22-15-5-7-21-8-6-15)23-18(14)24-9-11-25(12-10-24)19(27)30-20(2,3)4/h5-8,13H,9-12H2,1-4H3,(H,21,22,23). The molecule has 0 radical (unpaired) electrons. The number of rotatable bonds is 4. The number of aryl methyl sites for hydroxylation is 1. The molecule has 0 aliphatic carbocycles. The van der Waals surface area contributed by atoms with Crippen LogP contribution in [0, 0.1) is 17.0 Å².